The molecule has 0 saturated carbocycles. The van der Waals surface area contributed by atoms with Gasteiger partial charge in [-0.3, -0.25) is 9.59 Å². The number of aromatic nitrogens is 2. The van der Waals surface area contributed by atoms with Gasteiger partial charge in [0.2, 0.25) is 0 Å². The number of benzene rings is 1. The highest BCUT2D eigenvalue weighted by atomic mass is 16.6. The number of methoxy groups -OCH3 is 1. The number of phenols is 1. The lowest BCUT2D eigenvalue weighted by atomic mass is 9.86. The summed E-state index contributed by atoms with van der Waals surface area (Å²) in [5.41, 5.74) is 1.33. The number of nitrogens with zero attached hydrogens (tertiary/aromatic N) is 2. The van der Waals surface area contributed by atoms with Gasteiger partial charge < -0.3 is 24.3 Å². The fourth-order valence-electron chi connectivity index (χ4n) is 4.69. The van der Waals surface area contributed by atoms with Crippen molar-refractivity contribution >= 4 is 22.8 Å². The zero-order valence-corrected chi connectivity index (χ0v) is 18.2. The second-order valence-corrected chi connectivity index (χ2v) is 8.31. The lowest BCUT2D eigenvalue weighted by Gasteiger charge is -2.31. The van der Waals surface area contributed by atoms with Crippen molar-refractivity contribution in [2.45, 2.75) is 44.9 Å². The SMILES string of the molecule is CCC1(O)C(=O)OCc2c1cc1n(c2=O)Cc2cc3c(CCC(=O)OC)c(O)ccc3nc2-1. The van der Waals surface area contributed by atoms with Crippen molar-refractivity contribution < 1.29 is 29.3 Å². The molecule has 2 aromatic heterocycles. The van der Waals surface area contributed by atoms with Crippen LogP contribution in [0.15, 0.2) is 29.1 Å². The molecular formula is C24H22N2O7. The van der Waals surface area contributed by atoms with Gasteiger partial charge in [0.1, 0.15) is 12.4 Å². The standard InChI is InChI=1S/C24H22N2O7/c1-3-24(31)16-9-18-21-12(10-26(18)22(29)15(16)11-33-23(24)30)8-14-13(4-7-20(28)32-2)19(27)6-5-17(14)25-21/h5-6,8-9,27,31H,3-4,7,10-11H2,1-2H3. The van der Waals surface area contributed by atoms with Crippen LogP contribution >= 0.6 is 0 Å². The Morgan fingerprint density at radius 1 is 1.30 bits per heavy atom. The van der Waals surface area contributed by atoms with Crippen molar-refractivity contribution in [2.24, 2.45) is 0 Å². The first-order valence-electron chi connectivity index (χ1n) is 10.7. The number of aryl methyl sites for hydroxylation is 1. The summed E-state index contributed by atoms with van der Waals surface area (Å²) in [4.78, 5) is 41.9. The Morgan fingerprint density at radius 2 is 2.09 bits per heavy atom. The van der Waals surface area contributed by atoms with Crippen LogP contribution in [0.5, 0.6) is 5.75 Å². The normalized spacial score (nSPS) is 18.5. The van der Waals surface area contributed by atoms with E-state index in [1.807, 2.05) is 6.07 Å². The van der Waals surface area contributed by atoms with Crippen LogP contribution in [0.3, 0.4) is 0 Å². The van der Waals surface area contributed by atoms with Gasteiger partial charge in [0.15, 0.2) is 5.60 Å². The molecule has 1 atom stereocenters. The number of carbonyl (C=O) groups excluding carboxylic acids is 2. The van der Waals surface area contributed by atoms with Gasteiger partial charge in [-0.15, -0.1) is 0 Å². The van der Waals surface area contributed by atoms with E-state index in [4.69, 9.17) is 14.5 Å². The predicted molar refractivity (Wildman–Crippen MR) is 117 cm³/mol. The van der Waals surface area contributed by atoms with Gasteiger partial charge in [-0.25, -0.2) is 9.78 Å². The molecule has 0 aliphatic carbocycles. The van der Waals surface area contributed by atoms with E-state index < -0.39 is 11.6 Å². The number of phenolic OH excluding ortho intramolecular Hbond substituents is 1. The Labute approximate surface area is 188 Å². The molecule has 0 saturated heterocycles. The first-order valence-corrected chi connectivity index (χ1v) is 10.7. The van der Waals surface area contributed by atoms with Crippen LogP contribution in [0.2, 0.25) is 0 Å². The minimum absolute atomic E-state index is 0.0555. The van der Waals surface area contributed by atoms with Crippen molar-refractivity contribution in [1.29, 1.82) is 0 Å². The summed E-state index contributed by atoms with van der Waals surface area (Å²) in [7, 11) is 1.31. The number of carbonyl (C=O) groups is 2. The van der Waals surface area contributed by atoms with Crippen molar-refractivity contribution in [2.75, 3.05) is 7.11 Å². The predicted octanol–water partition coefficient (Wildman–Crippen LogP) is 1.89. The van der Waals surface area contributed by atoms with E-state index in [2.05, 4.69) is 0 Å². The van der Waals surface area contributed by atoms with Crippen molar-refractivity contribution in [1.82, 2.24) is 9.55 Å². The fraction of sp³-hybridized carbons (Fsp3) is 0.333. The molecule has 0 radical (unpaired) electrons. The first-order chi connectivity index (χ1) is 15.8. The van der Waals surface area contributed by atoms with Crippen LogP contribution in [-0.4, -0.2) is 38.8 Å². The molecule has 4 heterocycles. The second-order valence-electron chi connectivity index (χ2n) is 8.31. The Balaban J connectivity index is 1.68. The van der Waals surface area contributed by atoms with Crippen LogP contribution in [-0.2, 0) is 44.2 Å². The minimum atomic E-state index is -1.88. The van der Waals surface area contributed by atoms with E-state index in [-0.39, 0.29) is 60.8 Å². The summed E-state index contributed by atoms with van der Waals surface area (Å²) in [6.07, 6.45) is 0.458. The summed E-state index contributed by atoms with van der Waals surface area (Å²) in [6, 6.07) is 6.72. The molecule has 33 heavy (non-hydrogen) atoms. The van der Waals surface area contributed by atoms with Gasteiger partial charge in [-0.2, -0.15) is 0 Å². The molecule has 2 aliphatic rings. The second kappa shape index (κ2) is 7.41. The molecule has 0 amide bonds. The number of ether oxygens (including phenoxy) is 2. The molecular weight excluding hydrogens is 428 g/mol. The number of pyridine rings is 2. The van der Waals surface area contributed by atoms with Gasteiger partial charge in [-0.1, -0.05) is 6.92 Å². The number of hydrogen-bond acceptors (Lipinski definition) is 8. The maximum atomic E-state index is 13.3. The van der Waals surface area contributed by atoms with E-state index in [0.717, 1.165) is 5.56 Å². The molecule has 2 N–H and O–H groups in total. The highest BCUT2D eigenvalue weighted by molar-refractivity contribution is 5.89. The monoisotopic (exact) mass is 450 g/mol. The molecule has 170 valence electrons. The third kappa shape index (κ3) is 3.03. The maximum absolute atomic E-state index is 13.3. The smallest absolute Gasteiger partial charge is 0.343 e. The van der Waals surface area contributed by atoms with E-state index in [1.165, 1.54) is 13.2 Å². The van der Waals surface area contributed by atoms with E-state index in [1.54, 1.807) is 23.6 Å². The average molecular weight is 450 g/mol. The van der Waals surface area contributed by atoms with Crippen molar-refractivity contribution in [3.8, 4) is 17.1 Å². The fourth-order valence-corrected chi connectivity index (χ4v) is 4.69. The minimum Gasteiger partial charge on any atom is -0.508 e. The molecule has 0 bridgehead atoms. The molecule has 9 heteroatoms. The molecule has 1 unspecified atom stereocenters. The van der Waals surface area contributed by atoms with E-state index in [0.29, 0.717) is 27.9 Å². The number of esters is 2. The number of aromatic hydroxyl groups is 1. The van der Waals surface area contributed by atoms with Gasteiger partial charge in [0.05, 0.1) is 36.1 Å². The Bertz CT molecular complexity index is 1410. The number of rotatable bonds is 4. The zero-order valence-electron chi connectivity index (χ0n) is 18.2. The van der Waals surface area contributed by atoms with Gasteiger partial charge in [-0.05, 0) is 37.1 Å². The Hall–Kier alpha value is -3.72. The molecule has 1 aromatic carbocycles. The third-order valence-electron chi connectivity index (χ3n) is 6.59. The van der Waals surface area contributed by atoms with Crippen LogP contribution in [0.25, 0.3) is 22.3 Å². The highest BCUT2D eigenvalue weighted by Crippen LogP contribution is 2.39. The summed E-state index contributed by atoms with van der Waals surface area (Å²) >= 11 is 0. The molecule has 0 spiro atoms. The van der Waals surface area contributed by atoms with E-state index in [9.17, 15) is 24.6 Å². The summed E-state index contributed by atoms with van der Waals surface area (Å²) in [6.45, 7) is 1.72. The summed E-state index contributed by atoms with van der Waals surface area (Å²) < 4.78 is 11.4. The van der Waals surface area contributed by atoms with Gasteiger partial charge in [0, 0.05) is 28.5 Å². The van der Waals surface area contributed by atoms with Crippen LogP contribution in [0, 0.1) is 0 Å². The summed E-state index contributed by atoms with van der Waals surface area (Å²) in [5.74, 6) is -1.09. The van der Waals surface area contributed by atoms with Crippen molar-refractivity contribution in [3.05, 3.63) is 56.9 Å². The third-order valence-corrected chi connectivity index (χ3v) is 6.59. The zero-order chi connectivity index (χ0) is 23.5. The average Bonchev–Trinajstić information content (AvgIpc) is 3.17. The summed E-state index contributed by atoms with van der Waals surface area (Å²) in [5, 5.41) is 22.1. The molecule has 2 aliphatic heterocycles. The lowest BCUT2D eigenvalue weighted by molar-refractivity contribution is -0.172. The van der Waals surface area contributed by atoms with Crippen molar-refractivity contribution in [3.63, 3.8) is 0 Å². The maximum Gasteiger partial charge on any atom is 0.343 e. The first kappa shape index (κ1) is 21.1. The largest absolute Gasteiger partial charge is 0.508 e. The Kier molecular flexibility index (Phi) is 4.75. The molecule has 3 aromatic rings. The highest BCUT2D eigenvalue weighted by Gasteiger charge is 2.45. The number of hydrogen-bond donors (Lipinski definition) is 2. The lowest BCUT2D eigenvalue weighted by Crippen LogP contribution is -2.44. The topological polar surface area (TPSA) is 128 Å². The Morgan fingerprint density at radius 3 is 2.82 bits per heavy atom. The number of cyclic esters (lactones) is 1. The number of fused-ring (bicyclic) bond motifs is 5. The molecule has 0 fully saturated rings. The van der Waals surface area contributed by atoms with Crippen LogP contribution in [0.4, 0.5) is 0 Å². The van der Waals surface area contributed by atoms with E-state index >= 15 is 0 Å². The quantitative estimate of drug-likeness (QED) is 0.451. The number of aliphatic hydroxyl groups is 1. The molecule has 9 nitrogen and oxygen atoms in total. The van der Waals surface area contributed by atoms with Gasteiger partial charge in [0.25, 0.3) is 5.56 Å². The van der Waals surface area contributed by atoms with Crippen LogP contribution in [0.1, 0.15) is 42.0 Å². The molecule has 5 rings (SSSR count). The van der Waals surface area contributed by atoms with Crippen LogP contribution < -0.4 is 5.56 Å². The van der Waals surface area contributed by atoms with Gasteiger partial charge >= 0.3 is 11.9 Å².